The second-order valence-corrected chi connectivity index (χ2v) is 6.81. The SMILES string of the molecule is CCc1ccc(OCCOC[C@@H](O)CN(C)C2CCCCC2)cc1. The van der Waals surface area contributed by atoms with Crippen LogP contribution >= 0.6 is 0 Å². The average molecular weight is 335 g/mol. The molecule has 24 heavy (non-hydrogen) atoms. The van der Waals surface area contributed by atoms with Crippen LogP contribution in [0.3, 0.4) is 0 Å². The number of rotatable bonds is 10. The maximum Gasteiger partial charge on any atom is 0.119 e. The maximum atomic E-state index is 10.1. The number of hydrogen-bond acceptors (Lipinski definition) is 4. The van der Waals surface area contributed by atoms with Crippen molar-refractivity contribution in [1.82, 2.24) is 4.90 Å². The highest BCUT2D eigenvalue weighted by Crippen LogP contribution is 2.21. The molecule has 1 aliphatic carbocycles. The largest absolute Gasteiger partial charge is 0.491 e. The molecule has 0 aromatic heterocycles. The van der Waals surface area contributed by atoms with E-state index in [1.807, 2.05) is 12.1 Å². The first-order valence-corrected chi connectivity index (χ1v) is 9.37. The zero-order valence-corrected chi connectivity index (χ0v) is 15.2. The van der Waals surface area contributed by atoms with E-state index in [1.54, 1.807) is 0 Å². The molecule has 1 saturated carbocycles. The van der Waals surface area contributed by atoms with E-state index in [0.29, 0.717) is 32.4 Å². The van der Waals surface area contributed by atoms with E-state index in [4.69, 9.17) is 9.47 Å². The minimum absolute atomic E-state index is 0.370. The second kappa shape index (κ2) is 10.7. The van der Waals surface area contributed by atoms with Gasteiger partial charge in [0.1, 0.15) is 12.4 Å². The van der Waals surface area contributed by atoms with E-state index in [9.17, 15) is 5.11 Å². The molecule has 4 nitrogen and oxygen atoms in total. The van der Waals surface area contributed by atoms with Crippen LogP contribution in [0.25, 0.3) is 0 Å². The summed E-state index contributed by atoms with van der Waals surface area (Å²) in [7, 11) is 2.11. The van der Waals surface area contributed by atoms with Crippen molar-refractivity contribution in [3.05, 3.63) is 29.8 Å². The number of ether oxygens (including phenoxy) is 2. The van der Waals surface area contributed by atoms with E-state index in [0.717, 1.165) is 12.2 Å². The molecule has 1 aromatic carbocycles. The van der Waals surface area contributed by atoms with Crippen LogP contribution in [-0.4, -0.2) is 55.6 Å². The Hall–Kier alpha value is -1.10. The van der Waals surface area contributed by atoms with Crippen molar-refractivity contribution in [2.24, 2.45) is 0 Å². The third-order valence-electron chi connectivity index (χ3n) is 4.84. The van der Waals surface area contributed by atoms with Gasteiger partial charge in [-0.25, -0.2) is 0 Å². The van der Waals surface area contributed by atoms with Crippen LogP contribution < -0.4 is 4.74 Å². The molecule has 136 valence electrons. The summed E-state index contributed by atoms with van der Waals surface area (Å²) in [4.78, 5) is 2.29. The minimum Gasteiger partial charge on any atom is -0.491 e. The lowest BCUT2D eigenvalue weighted by Gasteiger charge is -2.32. The van der Waals surface area contributed by atoms with E-state index in [2.05, 4.69) is 31.0 Å². The third kappa shape index (κ3) is 6.80. The van der Waals surface area contributed by atoms with Crippen molar-refractivity contribution in [1.29, 1.82) is 0 Å². The lowest BCUT2D eigenvalue weighted by Crippen LogP contribution is -2.40. The van der Waals surface area contributed by atoms with Gasteiger partial charge in [0.05, 0.1) is 19.3 Å². The van der Waals surface area contributed by atoms with Crippen LogP contribution in [0.5, 0.6) is 5.75 Å². The topological polar surface area (TPSA) is 41.9 Å². The molecule has 4 heteroatoms. The van der Waals surface area contributed by atoms with Crippen molar-refractivity contribution in [3.63, 3.8) is 0 Å². The zero-order valence-electron chi connectivity index (χ0n) is 15.2. The lowest BCUT2D eigenvalue weighted by atomic mass is 9.94. The molecule has 2 rings (SSSR count). The summed E-state index contributed by atoms with van der Waals surface area (Å²) in [5.41, 5.74) is 1.31. The van der Waals surface area contributed by atoms with E-state index in [-0.39, 0.29) is 0 Å². The van der Waals surface area contributed by atoms with Gasteiger partial charge in [-0.2, -0.15) is 0 Å². The summed E-state index contributed by atoms with van der Waals surface area (Å²) in [5.74, 6) is 0.869. The van der Waals surface area contributed by atoms with E-state index in [1.165, 1.54) is 37.7 Å². The standard InChI is InChI=1S/C20H33NO3/c1-3-17-9-11-20(12-10-17)24-14-13-23-16-19(22)15-21(2)18-7-5-4-6-8-18/h9-12,18-19,22H,3-8,13-16H2,1-2H3/t19-/m0/s1. The Bertz CT molecular complexity index is 443. The number of benzene rings is 1. The predicted molar refractivity (Wildman–Crippen MR) is 97.6 cm³/mol. The van der Waals surface area contributed by atoms with Gasteiger partial charge in [0.25, 0.3) is 0 Å². The Morgan fingerprint density at radius 1 is 1.12 bits per heavy atom. The van der Waals surface area contributed by atoms with Crippen LogP contribution in [0.4, 0.5) is 0 Å². The minimum atomic E-state index is -0.430. The molecule has 1 aromatic rings. The zero-order chi connectivity index (χ0) is 17.2. The first-order chi connectivity index (χ1) is 11.7. The van der Waals surface area contributed by atoms with Crippen molar-refractivity contribution < 1.29 is 14.6 Å². The number of likely N-dealkylation sites (N-methyl/N-ethyl adjacent to an activating group) is 1. The Morgan fingerprint density at radius 2 is 1.83 bits per heavy atom. The smallest absolute Gasteiger partial charge is 0.119 e. The van der Waals surface area contributed by atoms with Gasteiger partial charge in [-0.15, -0.1) is 0 Å². The van der Waals surface area contributed by atoms with Crippen LogP contribution in [0, 0.1) is 0 Å². The summed E-state index contributed by atoms with van der Waals surface area (Å²) >= 11 is 0. The van der Waals surface area contributed by atoms with Crippen molar-refractivity contribution in [2.45, 2.75) is 57.6 Å². The van der Waals surface area contributed by atoms with Crippen LogP contribution in [0.15, 0.2) is 24.3 Å². The Morgan fingerprint density at radius 3 is 2.50 bits per heavy atom. The van der Waals surface area contributed by atoms with Gasteiger partial charge in [0.15, 0.2) is 0 Å². The molecule has 0 amide bonds. The van der Waals surface area contributed by atoms with Gasteiger partial charge in [-0.1, -0.05) is 38.3 Å². The highest BCUT2D eigenvalue weighted by atomic mass is 16.5. The first-order valence-electron chi connectivity index (χ1n) is 9.37. The second-order valence-electron chi connectivity index (χ2n) is 6.81. The lowest BCUT2D eigenvalue weighted by molar-refractivity contribution is 0.00326. The fourth-order valence-corrected chi connectivity index (χ4v) is 3.32. The normalized spacial score (nSPS) is 17.2. The van der Waals surface area contributed by atoms with E-state index < -0.39 is 6.10 Å². The molecular weight excluding hydrogens is 302 g/mol. The van der Waals surface area contributed by atoms with Crippen molar-refractivity contribution in [2.75, 3.05) is 33.4 Å². The van der Waals surface area contributed by atoms with Crippen LogP contribution in [0.2, 0.25) is 0 Å². The molecule has 0 aliphatic heterocycles. The molecular formula is C20H33NO3. The highest BCUT2D eigenvalue weighted by Gasteiger charge is 2.19. The molecule has 1 fully saturated rings. The summed E-state index contributed by atoms with van der Waals surface area (Å²) < 4.78 is 11.2. The van der Waals surface area contributed by atoms with Gasteiger partial charge in [0.2, 0.25) is 0 Å². The fourth-order valence-electron chi connectivity index (χ4n) is 3.32. The molecule has 0 spiro atoms. The van der Waals surface area contributed by atoms with Crippen LogP contribution in [0.1, 0.15) is 44.6 Å². The monoisotopic (exact) mass is 335 g/mol. The molecule has 0 radical (unpaired) electrons. The molecule has 0 saturated heterocycles. The number of aryl methyl sites for hydroxylation is 1. The molecule has 0 heterocycles. The first kappa shape index (κ1) is 19.2. The summed E-state index contributed by atoms with van der Waals surface area (Å²) in [6, 6.07) is 8.78. The number of hydrogen-bond donors (Lipinski definition) is 1. The molecule has 1 N–H and O–H groups in total. The van der Waals surface area contributed by atoms with E-state index >= 15 is 0 Å². The Balaban J connectivity index is 1.54. The van der Waals surface area contributed by atoms with Gasteiger partial charge < -0.3 is 19.5 Å². The summed E-state index contributed by atoms with van der Waals surface area (Å²) in [6.45, 7) is 4.20. The Labute approximate surface area is 146 Å². The molecule has 0 unspecified atom stereocenters. The number of aliphatic hydroxyl groups is 1. The maximum absolute atomic E-state index is 10.1. The number of nitrogens with zero attached hydrogens (tertiary/aromatic N) is 1. The highest BCUT2D eigenvalue weighted by molar-refractivity contribution is 5.27. The predicted octanol–water partition coefficient (Wildman–Crippen LogP) is 3.27. The van der Waals surface area contributed by atoms with Crippen molar-refractivity contribution in [3.8, 4) is 5.75 Å². The quantitative estimate of drug-likeness (QED) is 0.666. The molecule has 1 atom stereocenters. The van der Waals surface area contributed by atoms with Crippen molar-refractivity contribution >= 4 is 0 Å². The molecule has 0 bridgehead atoms. The van der Waals surface area contributed by atoms with Gasteiger partial charge in [-0.3, -0.25) is 0 Å². The average Bonchev–Trinajstić information content (AvgIpc) is 2.62. The Kier molecular flexibility index (Phi) is 8.57. The van der Waals surface area contributed by atoms with Gasteiger partial charge in [-0.05, 0) is 44.0 Å². The number of aliphatic hydroxyl groups excluding tert-OH is 1. The fraction of sp³-hybridized carbons (Fsp3) is 0.700. The van der Waals surface area contributed by atoms with Gasteiger partial charge in [0, 0.05) is 12.6 Å². The third-order valence-corrected chi connectivity index (χ3v) is 4.84. The van der Waals surface area contributed by atoms with Crippen LogP contribution in [-0.2, 0) is 11.2 Å². The summed E-state index contributed by atoms with van der Waals surface area (Å²) in [5, 5.41) is 10.1. The van der Waals surface area contributed by atoms with Gasteiger partial charge >= 0.3 is 0 Å². The summed E-state index contributed by atoms with van der Waals surface area (Å²) in [6.07, 6.45) is 7.12. The molecule has 1 aliphatic rings.